The number of rotatable bonds is 5. The van der Waals surface area contributed by atoms with Gasteiger partial charge in [-0.05, 0) is 29.8 Å². The maximum Gasteiger partial charge on any atom is 0.123 e. The third kappa shape index (κ3) is 3.63. The lowest BCUT2D eigenvalue weighted by molar-refractivity contribution is 0.305. The molecule has 2 rings (SSSR count). The average Bonchev–Trinajstić information content (AvgIpc) is 2.45. The minimum atomic E-state index is 0.457. The molecule has 0 amide bonds. The highest BCUT2D eigenvalue weighted by Gasteiger charge is 2.04. The van der Waals surface area contributed by atoms with Crippen LogP contribution in [0.1, 0.15) is 11.1 Å². The van der Waals surface area contributed by atoms with Crippen LogP contribution in [0.15, 0.2) is 42.5 Å². The summed E-state index contributed by atoms with van der Waals surface area (Å²) in [6, 6.07) is 13.2. The van der Waals surface area contributed by atoms with Gasteiger partial charge in [0.05, 0.1) is 7.11 Å². The summed E-state index contributed by atoms with van der Waals surface area (Å²) in [7, 11) is 1.64. The Morgan fingerprint density at radius 2 is 2.00 bits per heavy atom. The first-order valence-corrected chi connectivity index (χ1v) is 6.35. The van der Waals surface area contributed by atoms with Crippen molar-refractivity contribution in [1.29, 1.82) is 0 Å². The van der Waals surface area contributed by atoms with E-state index >= 15 is 0 Å². The van der Waals surface area contributed by atoms with Crippen LogP contribution >= 0.6 is 11.6 Å². The fraction of sp³-hybridized carbons (Fsp3) is 0.200. The molecule has 0 heterocycles. The lowest BCUT2D eigenvalue weighted by atomic mass is 10.1. The predicted octanol–water partition coefficient (Wildman–Crippen LogP) is 3.39. The van der Waals surface area contributed by atoms with Crippen molar-refractivity contribution in [2.24, 2.45) is 5.73 Å². The standard InChI is InChI=1S/C15H16ClNO2/c1-18-15-7-11(5-6-12(15)9-17)10-19-14-4-2-3-13(16)8-14/h2-8H,9-10,17H2,1H3. The van der Waals surface area contributed by atoms with Crippen LogP contribution < -0.4 is 15.2 Å². The second-order valence-electron chi connectivity index (χ2n) is 4.10. The molecule has 0 bridgehead atoms. The van der Waals surface area contributed by atoms with Crippen LogP contribution in [0, 0.1) is 0 Å². The lowest BCUT2D eigenvalue weighted by Crippen LogP contribution is -2.02. The van der Waals surface area contributed by atoms with Gasteiger partial charge in [0.1, 0.15) is 18.1 Å². The molecule has 0 saturated heterocycles. The van der Waals surface area contributed by atoms with Crippen LogP contribution in [0.4, 0.5) is 0 Å². The predicted molar refractivity (Wildman–Crippen MR) is 76.7 cm³/mol. The Balaban J connectivity index is 2.07. The van der Waals surface area contributed by atoms with Gasteiger partial charge >= 0.3 is 0 Å². The minimum absolute atomic E-state index is 0.457. The van der Waals surface area contributed by atoms with Crippen LogP contribution in [0.2, 0.25) is 5.02 Å². The molecule has 0 aromatic heterocycles. The molecule has 0 saturated carbocycles. The fourth-order valence-corrected chi connectivity index (χ4v) is 1.95. The van der Waals surface area contributed by atoms with Gasteiger partial charge < -0.3 is 15.2 Å². The van der Waals surface area contributed by atoms with Crippen molar-refractivity contribution in [3.63, 3.8) is 0 Å². The Labute approximate surface area is 117 Å². The molecular weight excluding hydrogens is 262 g/mol. The van der Waals surface area contributed by atoms with E-state index in [1.165, 1.54) is 0 Å². The van der Waals surface area contributed by atoms with Gasteiger partial charge in [-0.3, -0.25) is 0 Å². The van der Waals surface area contributed by atoms with E-state index < -0.39 is 0 Å². The highest BCUT2D eigenvalue weighted by molar-refractivity contribution is 6.30. The second kappa shape index (κ2) is 6.45. The molecule has 0 aliphatic rings. The van der Waals surface area contributed by atoms with Gasteiger partial charge in [-0.25, -0.2) is 0 Å². The normalized spacial score (nSPS) is 10.3. The molecule has 2 aromatic rings. The van der Waals surface area contributed by atoms with E-state index in [4.69, 9.17) is 26.8 Å². The first kappa shape index (κ1) is 13.7. The molecule has 19 heavy (non-hydrogen) atoms. The maximum absolute atomic E-state index is 5.90. The molecule has 2 aromatic carbocycles. The molecule has 2 N–H and O–H groups in total. The third-order valence-corrected chi connectivity index (χ3v) is 3.01. The maximum atomic E-state index is 5.90. The van der Waals surface area contributed by atoms with E-state index in [2.05, 4.69) is 0 Å². The Hall–Kier alpha value is -1.71. The molecule has 0 aliphatic carbocycles. The van der Waals surface area contributed by atoms with Crippen molar-refractivity contribution in [3.8, 4) is 11.5 Å². The summed E-state index contributed by atoms with van der Waals surface area (Å²) in [6.45, 7) is 0.917. The highest BCUT2D eigenvalue weighted by Crippen LogP contribution is 2.22. The average molecular weight is 278 g/mol. The van der Waals surface area contributed by atoms with E-state index in [0.717, 1.165) is 22.6 Å². The van der Waals surface area contributed by atoms with E-state index in [0.29, 0.717) is 18.2 Å². The van der Waals surface area contributed by atoms with E-state index in [1.54, 1.807) is 13.2 Å². The molecule has 0 unspecified atom stereocenters. The van der Waals surface area contributed by atoms with E-state index in [-0.39, 0.29) is 0 Å². The SMILES string of the molecule is COc1cc(COc2cccc(Cl)c2)ccc1CN. The summed E-state index contributed by atoms with van der Waals surface area (Å²) in [4.78, 5) is 0. The summed E-state index contributed by atoms with van der Waals surface area (Å²) < 4.78 is 11.0. The smallest absolute Gasteiger partial charge is 0.123 e. The molecule has 0 aliphatic heterocycles. The number of ether oxygens (including phenoxy) is 2. The summed E-state index contributed by atoms with van der Waals surface area (Å²) in [5.74, 6) is 1.53. The van der Waals surface area contributed by atoms with Crippen molar-refractivity contribution in [1.82, 2.24) is 0 Å². The van der Waals surface area contributed by atoms with E-state index in [1.807, 2.05) is 36.4 Å². The summed E-state index contributed by atoms with van der Waals surface area (Å²) >= 11 is 5.90. The van der Waals surface area contributed by atoms with Crippen molar-refractivity contribution in [2.75, 3.05) is 7.11 Å². The zero-order chi connectivity index (χ0) is 13.7. The third-order valence-electron chi connectivity index (χ3n) is 2.77. The van der Waals surface area contributed by atoms with Gasteiger partial charge in [0.25, 0.3) is 0 Å². The van der Waals surface area contributed by atoms with Crippen LogP contribution in [-0.2, 0) is 13.2 Å². The summed E-state index contributed by atoms with van der Waals surface area (Å²) in [5.41, 5.74) is 7.63. The van der Waals surface area contributed by atoms with Crippen molar-refractivity contribution >= 4 is 11.6 Å². The molecule has 0 radical (unpaired) electrons. The van der Waals surface area contributed by atoms with Crippen molar-refractivity contribution in [3.05, 3.63) is 58.6 Å². The van der Waals surface area contributed by atoms with Gasteiger partial charge in [-0.15, -0.1) is 0 Å². The van der Waals surface area contributed by atoms with Crippen molar-refractivity contribution in [2.45, 2.75) is 13.2 Å². The highest BCUT2D eigenvalue weighted by atomic mass is 35.5. The van der Waals surface area contributed by atoms with Crippen LogP contribution in [0.3, 0.4) is 0 Å². The molecule has 100 valence electrons. The van der Waals surface area contributed by atoms with Crippen LogP contribution in [0.25, 0.3) is 0 Å². The lowest BCUT2D eigenvalue weighted by Gasteiger charge is -2.10. The Bertz CT molecular complexity index is 558. The molecular formula is C15H16ClNO2. The second-order valence-corrected chi connectivity index (χ2v) is 4.53. The number of halogens is 1. The van der Waals surface area contributed by atoms with Crippen LogP contribution in [-0.4, -0.2) is 7.11 Å². The van der Waals surface area contributed by atoms with Gasteiger partial charge in [0.15, 0.2) is 0 Å². The number of nitrogens with two attached hydrogens (primary N) is 1. The van der Waals surface area contributed by atoms with E-state index in [9.17, 15) is 0 Å². The largest absolute Gasteiger partial charge is 0.496 e. The molecule has 0 atom stereocenters. The molecule has 0 fully saturated rings. The van der Waals surface area contributed by atoms with Gasteiger partial charge in [0.2, 0.25) is 0 Å². The Morgan fingerprint density at radius 1 is 1.16 bits per heavy atom. The summed E-state index contributed by atoms with van der Waals surface area (Å²) in [5, 5.41) is 0.661. The van der Waals surface area contributed by atoms with Gasteiger partial charge in [-0.2, -0.15) is 0 Å². The first-order valence-electron chi connectivity index (χ1n) is 5.97. The van der Waals surface area contributed by atoms with Gasteiger partial charge in [-0.1, -0.05) is 29.8 Å². The molecule has 0 spiro atoms. The zero-order valence-corrected chi connectivity index (χ0v) is 11.5. The number of hydrogen-bond donors (Lipinski definition) is 1. The topological polar surface area (TPSA) is 44.5 Å². The van der Waals surface area contributed by atoms with Crippen LogP contribution in [0.5, 0.6) is 11.5 Å². The Morgan fingerprint density at radius 3 is 2.68 bits per heavy atom. The van der Waals surface area contributed by atoms with Gasteiger partial charge in [0, 0.05) is 17.1 Å². The number of methoxy groups -OCH3 is 1. The summed E-state index contributed by atoms with van der Waals surface area (Å²) in [6.07, 6.45) is 0. The fourth-order valence-electron chi connectivity index (χ4n) is 1.77. The quantitative estimate of drug-likeness (QED) is 0.911. The number of benzene rings is 2. The first-order chi connectivity index (χ1) is 9.22. The number of hydrogen-bond acceptors (Lipinski definition) is 3. The zero-order valence-electron chi connectivity index (χ0n) is 10.7. The molecule has 4 heteroatoms. The Kier molecular flexibility index (Phi) is 4.66. The monoisotopic (exact) mass is 277 g/mol. The van der Waals surface area contributed by atoms with Crippen molar-refractivity contribution < 1.29 is 9.47 Å². The molecule has 3 nitrogen and oxygen atoms in total. The minimum Gasteiger partial charge on any atom is -0.496 e.